The summed E-state index contributed by atoms with van der Waals surface area (Å²) in [6.45, 7) is 3.22. The molecule has 2 heterocycles. The standard InChI is InChI=1S/C35H37NO5/c37-33(38)26-12-10-25(11-13-26)22-40-35-16-4-7-30-34(35)17-18-36(20-23-8-9-23)29(35)19-27-14-15-28(32(41-30)31(27)34)39-21-24-5-2-1-3-6-24/h1-3,5-6,10-15,23,29-30H,4,7-9,16-22H2,(H,37,38)/t29-,30+,34-,35?/m1/s1. The summed E-state index contributed by atoms with van der Waals surface area (Å²) in [5.74, 6) is 1.70. The van der Waals surface area contributed by atoms with E-state index < -0.39 is 5.97 Å². The molecule has 2 aliphatic heterocycles. The normalized spacial score (nSPS) is 29.5. The van der Waals surface area contributed by atoms with Crippen molar-refractivity contribution in [3.8, 4) is 11.5 Å². The number of hydrogen-bond donors (Lipinski definition) is 1. The summed E-state index contributed by atoms with van der Waals surface area (Å²) in [5, 5.41) is 9.37. The van der Waals surface area contributed by atoms with E-state index in [4.69, 9.17) is 14.2 Å². The van der Waals surface area contributed by atoms with E-state index in [2.05, 4.69) is 29.2 Å². The summed E-state index contributed by atoms with van der Waals surface area (Å²) in [5.41, 5.74) is 4.64. The maximum absolute atomic E-state index is 11.4. The molecule has 1 saturated heterocycles. The average molecular weight is 552 g/mol. The summed E-state index contributed by atoms with van der Waals surface area (Å²) in [6.07, 6.45) is 7.86. The minimum atomic E-state index is -0.903. The molecule has 6 nitrogen and oxygen atoms in total. The number of benzene rings is 3. The molecule has 2 saturated carbocycles. The summed E-state index contributed by atoms with van der Waals surface area (Å²) >= 11 is 0. The Balaban J connectivity index is 1.19. The molecule has 0 amide bonds. The van der Waals surface area contributed by atoms with Gasteiger partial charge in [-0.1, -0.05) is 48.5 Å². The van der Waals surface area contributed by atoms with Crippen LogP contribution in [0.3, 0.4) is 0 Å². The van der Waals surface area contributed by atoms with Crippen LogP contribution in [0.2, 0.25) is 0 Å². The Morgan fingerprint density at radius 3 is 2.54 bits per heavy atom. The van der Waals surface area contributed by atoms with Crippen LogP contribution < -0.4 is 9.47 Å². The molecule has 8 rings (SSSR count). The van der Waals surface area contributed by atoms with Gasteiger partial charge in [0.15, 0.2) is 11.5 Å². The lowest BCUT2D eigenvalue weighted by Crippen LogP contribution is -2.76. The van der Waals surface area contributed by atoms with Crippen LogP contribution in [0.15, 0.2) is 66.7 Å². The zero-order chi connectivity index (χ0) is 27.6. The molecule has 3 aliphatic carbocycles. The van der Waals surface area contributed by atoms with Gasteiger partial charge in [-0.2, -0.15) is 0 Å². The molecule has 2 bridgehead atoms. The third-order valence-electron chi connectivity index (χ3n) is 10.5. The highest BCUT2D eigenvalue weighted by Gasteiger charge is 2.72. The van der Waals surface area contributed by atoms with Gasteiger partial charge in [-0.3, -0.25) is 4.90 Å². The number of hydrogen-bond acceptors (Lipinski definition) is 5. The van der Waals surface area contributed by atoms with Crippen LogP contribution in [0.25, 0.3) is 0 Å². The Morgan fingerprint density at radius 2 is 1.76 bits per heavy atom. The van der Waals surface area contributed by atoms with Crippen molar-refractivity contribution in [1.29, 1.82) is 0 Å². The van der Waals surface area contributed by atoms with Gasteiger partial charge in [0, 0.05) is 18.2 Å². The number of rotatable bonds is 9. The number of aromatic carboxylic acids is 1. The SMILES string of the molecule is O=C(O)c1ccc(COC23CCC[C@@H]4Oc5c(OCc6ccccc6)ccc6c5[C@@]42CCN(CC2CC2)[C@@H]3C6)cc1. The molecular formula is C35H37NO5. The topological polar surface area (TPSA) is 68.2 Å². The molecular weight excluding hydrogens is 514 g/mol. The zero-order valence-electron chi connectivity index (χ0n) is 23.4. The molecule has 4 atom stereocenters. The number of carboxylic acids is 1. The second-order valence-corrected chi connectivity index (χ2v) is 12.8. The Kier molecular flexibility index (Phi) is 5.94. The molecule has 1 spiro atoms. The highest BCUT2D eigenvalue weighted by atomic mass is 16.5. The minimum Gasteiger partial charge on any atom is -0.485 e. The molecule has 1 unspecified atom stereocenters. The van der Waals surface area contributed by atoms with Gasteiger partial charge in [-0.15, -0.1) is 0 Å². The molecule has 3 aromatic rings. The van der Waals surface area contributed by atoms with E-state index in [1.807, 2.05) is 30.3 Å². The van der Waals surface area contributed by atoms with Crippen molar-refractivity contribution in [2.24, 2.45) is 5.92 Å². The van der Waals surface area contributed by atoms with Crippen molar-refractivity contribution in [2.45, 2.75) is 81.3 Å². The van der Waals surface area contributed by atoms with Gasteiger partial charge in [0.1, 0.15) is 12.7 Å². The minimum absolute atomic E-state index is 0.0757. The van der Waals surface area contributed by atoms with Crippen LogP contribution >= 0.6 is 0 Å². The number of likely N-dealkylation sites (tertiary alicyclic amines) is 1. The Labute approximate surface area is 241 Å². The number of piperidine rings is 1. The van der Waals surface area contributed by atoms with Crippen LogP contribution in [0.5, 0.6) is 11.5 Å². The van der Waals surface area contributed by atoms with Crippen molar-refractivity contribution in [1.82, 2.24) is 4.90 Å². The van der Waals surface area contributed by atoms with Gasteiger partial charge in [0.05, 0.1) is 23.2 Å². The molecule has 3 aromatic carbocycles. The van der Waals surface area contributed by atoms with Gasteiger partial charge in [-0.05, 0) is 92.3 Å². The molecule has 212 valence electrons. The second-order valence-electron chi connectivity index (χ2n) is 12.8. The Hall–Kier alpha value is -3.35. The van der Waals surface area contributed by atoms with Crippen molar-refractivity contribution in [3.05, 3.63) is 94.5 Å². The number of ether oxygens (including phenoxy) is 3. The summed E-state index contributed by atoms with van der Waals surface area (Å²) in [7, 11) is 0. The number of carboxylic acid groups (broad SMARTS) is 1. The third-order valence-corrected chi connectivity index (χ3v) is 10.5. The lowest BCUT2D eigenvalue weighted by Gasteiger charge is -2.65. The van der Waals surface area contributed by atoms with Crippen LogP contribution in [0.1, 0.15) is 71.1 Å². The lowest BCUT2D eigenvalue weighted by molar-refractivity contribution is -0.221. The Bertz CT molecular complexity index is 1470. The average Bonchev–Trinajstić information content (AvgIpc) is 3.75. The monoisotopic (exact) mass is 551 g/mol. The second kappa shape index (κ2) is 9.60. The summed E-state index contributed by atoms with van der Waals surface area (Å²) < 4.78 is 20.7. The third kappa shape index (κ3) is 3.94. The molecule has 1 N–H and O–H groups in total. The largest absolute Gasteiger partial charge is 0.485 e. The molecule has 3 fully saturated rings. The van der Waals surface area contributed by atoms with Crippen LogP contribution in [0, 0.1) is 5.92 Å². The summed E-state index contributed by atoms with van der Waals surface area (Å²) in [6, 6.07) is 22.2. The molecule has 41 heavy (non-hydrogen) atoms. The van der Waals surface area contributed by atoms with Crippen LogP contribution in [-0.4, -0.2) is 46.8 Å². The lowest BCUT2D eigenvalue weighted by atomic mass is 9.49. The molecule has 6 heteroatoms. The first kappa shape index (κ1) is 25.4. The van der Waals surface area contributed by atoms with Gasteiger partial charge >= 0.3 is 5.97 Å². The van der Waals surface area contributed by atoms with E-state index in [9.17, 15) is 9.90 Å². The zero-order valence-corrected chi connectivity index (χ0v) is 23.4. The van der Waals surface area contributed by atoms with E-state index in [1.165, 1.54) is 24.0 Å². The van der Waals surface area contributed by atoms with Crippen LogP contribution in [-0.2, 0) is 29.8 Å². The van der Waals surface area contributed by atoms with E-state index in [-0.39, 0.29) is 17.1 Å². The maximum Gasteiger partial charge on any atom is 0.335 e. The molecule has 0 aromatic heterocycles. The number of nitrogens with zero attached hydrogens (tertiary/aromatic N) is 1. The Morgan fingerprint density at radius 1 is 0.951 bits per heavy atom. The van der Waals surface area contributed by atoms with Crippen molar-refractivity contribution >= 4 is 5.97 Å². The van der Waals surface area contributed by atoms with Gasteiger partial charge in [-0.25, -0.2) is 4.79 Å². The van der Waals surface area contributed by atoms with Crippen molar-refractivity contribution < 1.29 is 24.1 Å². The molecule has 5 aliphatic rings. The van der Waals surface area contributed by atoms with Crippen molar-refractivity contribution in [3.63, 3.8) is 0 Å². The predicted octanol–water partition coefficient (Wildman–Crippen LogP) is 6.14. The van der Waals surface area contributed by atoms with Crippen LogP contribution in [0.4, 0.5) is 0 Å². The van der Waals surface area contributed by atoms with Gasteiger partial charge in [0.2, 0.25) is 0 Å². The highest BCUT2D eigenvalue weighted by molar-refractivity contribution is 5.87. The van der Waals surface area contributed by atoms with E-state index in [0.29, 0.717) is 24.8 Å². The van der Waals surface area contributed by atoms with Gasteiger partial charge < -0.3 is 19.3 Å². The van der Waals surface area contributed by atoms with E-state index in [0.717, 1.165) is 73.7 Å². The fourth-order valence-corrected chi connectivity index (χ4v) is 8.53. The first-order valence-electron chi connectivity index (χ1n) is 15.3. The van der Waals surface area contributed by atoms with E-state index in [1.54, 1.807) is 12.1 Å². The highest BCUT2D eigenvalue weighted by Crippen LogP contribution is 2.67. The first-order valence-corrected chi connectivity index (χ1v) is 15.3. The smallest absolute Gasteiger partial charge is 0.335 e. The maximum atomic E-state index is 11.4. The first-order chi connectivity index (χ1) is 20.1. The molecule has 0 radical (unpaired) electrons. The fraction of sp³-hybridized carbons (Fsp3) is 0.457. The van der Waals surface area contributed by atoms with E-state index >= 15 is 0 Å². The quantitative estimate of drug-likeness (QED) is 0.345. The van der Waals surface area contributed by atoms with Crippen molar-refractivity contribution in [2.75, 3.05) is 13.1 Å². The summed E-state index contributed by atoms with van der Waals surface area (Å²) in [4.78, 5) is 14.2. The fourth-order valence-electron chi connectivity index (χ4n) is 8.53. The van der Waals surface area contributed by atoms with Gasteiger partial charge in [0.25, 0.3) is 0 Å². The predicted molar refractivity (Wildman–Crippen MR) is 154 cm³/mol. The number of carbonyl (C=O) groups is 1.